The highest BCUT2D eigenvalue weighted by Gasteiger charge is 2.53. The first kappa shape index (κ1) is 28.0. The van der Waals surface area contributed by atoms with Crippen molar-refractivity contribution in [3.8, 4) is 0 Å². The van der Waals surface area contributed by atoms with Crippen LogP contribution < -0.4 is 0 Å². The quantitative estimate of drug-likeness (QED) is 0.449. The molecular weight excluding hydrogens is 466 g/mol. The first-order valence-electron chi connectivity index (χ1n) is 12.6. The van der Waals surface area contributed by atoms with Gasteiger partial charge < -0.3 is 19.7 Å². The molecule has 1 aromatic rings. The maximum Gasteiger partial charge on any atom is 0.309 e. The zero-order chi connectivity index (χ0) is 26.1. The number of thiazole rings is 1. The van der Waals surface area contributed by atoms with E-state index in [1.807, 2.05) is 32.2 Å². The van der Waals surface area contributed by atoms with Crippen LogP contribution in [0.3, 0.4) is 0 Å². The summed E-state index contributed by atoms with van der Waals surface area (Å²) in [5.41, 5.74) is 0.179. The van der Waals surface area contributed by atoms with Crippen LogP contribution in [-0.2, 0) is 19.1 Å². The largest absolute Gasteiger partial charge is 0.458 e. The highest BCUT2D eigenvalue weighted by atomic mass is 32.1. The molecule has 0 amide bonds. The van der Waals surface area contributed by atoms with E-state index < -0.39 is 35.6 Å². The molecule has 2 fully saturated rings. The molecule has 2 aliphatic rings. The van der Waals surface area contributed by atoms with Crippen molar-refractivity contribution >= 4 is 29.2 Å². The van der Waals surface area contributed by atoms with Crippen LogP contribution in [0.2, 0.25) is 0 Å². The molecule has 3 rings (SSSR count). The van der Waals surface area contributed by atoms with E-state index in [0.29, 0.717) is 6.42 Å². The first-order valence-corrected chi connectivity index (χ1v) is 13.5. The number of ether oxygens (including phenoxy) is 2. The Morgan fingerprint density at radius 2 is 1.91 bits per heavy atom. The number of hydrogen-bond donors (Lipinski definition) is 2. The number of epoxide rings is 1. The Balaban J connectivity index is 1.85. The van der Waals surface area contributed by atoms with E-state index in [-0.39, 0.29) is 29.8 Å². The van der Waals surface area contributed by atoms with Gasteiger partial charge in [-0.1, -0.05) is 34.1 Å². The summed E-state index contributed by atoms with van der Waals surface area (Å²) in [4.78, 5) is 30.6. The molecule has 0 aliphatic carbocycles. The minimum atomic E-state index is -1.23. The number of nitrogens with zero attached hydrogens (tertiary/aromatic N) is 1. The van der Waals surface area contributed by atoms with Crippen molar-refractivity contribution in [1.82, 2.24) is 4.98 Å². The van der Waals surface area contributed by atoms with Gasteiger partial charge in [-0.2, -0.15) is 0 Å². The molecule has 0 spiro atoms. The van der Waals surface area contributed by atoms with E-state index in [1.165, 1.54) is 0 Å². The molecule has 0 saturated carbocycles. The van der Waals surface area contributed by atoms with E-state index in [0.717, 1.165) is 35.5 Å². The van der Waals surface area contributed by atoms with Crippen LogP contribution in [0.5, 0.6) is 0 Å². The molecule has 35 heavy (non-hydrogen) atoms. The lowest BCUT2D eigenvalue weighted by atomic mass is 9.73. The number of esters is 1. The Bertz CT molecular complexity index is 955. The topological polar surface area (TPSA) is 109 Å². The summed E-state index contributed by atoms with van der Waals surface area (Å²) < 4.78 is 11.9. The number of hydrogen-bond acceptors (Lipinski definition) is 8. The van der Waals surface area contributed by atoms with Gasteiger partial charge in [0.25, 0.3) is 0 Å². The average molecular weight is 508 g/mol. The summed E-state index contributed by atoms with van der Waals surface area (Å²) in [5, 5.41) is 24.6. The Morgan fingerprint density at radius 3 is 2.54 bits per heavy atom. The molecule has 7 nitrogen and oxygen atoms in total. The summed E-state index contributed by atoms with van der Waals surface area (Å²) in [6.07, 6.45) is 1.98. The minimum Gasteiger partial charge on any atom is -0.458 e. The van der Waals surface area contributed by atoms with Crippen molar-refractivity contribution in [3.05, 3.63) is 21.7 Å². The summed E-state index contributed by atoms with van der Waals surface area (Å²) in [6.45, 7) is 12.8. The second-order valence-corrected chi connectivity index (χ2v) is 12.3. The van der Waals surface area contributed by atoms with Gasteiger partial charge in [-0.15, -0.1) is 11.3 Å². The van der Waals surface area contributed by atoms with Gasteiger partial charge in [0.1, 0.15) is 11.9 Å². The third kappa shape index (κ3) is 6.59. The normalized spacial score (nSPS) is 37.5. The van der Waals surface area contributed by atoms with E-state index in [4.69, 9.17) is 9.47 Å². The SMILES string of the molecule is C/C(=C\c1csc(C)n1)[C@@H]1CC2O[C@@]2(C)CCC[C@H](C)[C@H](O)[C@@H](C)C(=O)C(C)(C)[C@@H](O)CC(=O)O1. The van der Waals surface area contributed by atoms with Crippen LogP contribution in [0.1, 0.15) is 84.3 Å². The van der Waals surface area contributed by atoms with Crippen LogP contribution in [0.15, 0.2) is 11.0 Å². The van der Waals surface area contributed by atoms with Crippen molar-refractivity contribution in [3.63, 3.8) is 0 Å². The lowest BCUT2D eigenvalue weighted by Gasteiger charge is -2.34. The fraction of sp³-hybridized carbons (Fsp3) is 0.741. The summed E-state index contributed by atoms with van der Waals surface area (Å²) in [5.74, 6) is -1.55. The second-order valence-electron chi connectivity index (χ2n) is 11.3. The fourth-order valence-corrected chi connectivity index (χ4v) is 5.64. The molecule has 2 aliphatic heterocycles. The number of aryl methyl sites for hydroxylation is 1. The van der Waals surface area contributed by atoms with Crippen molar-refractivity contribution in [1.29, 1.82) is 0 Å². The summed E-state index contributed by atoms with van der Waals surface area (Å²) >= 11 is 1.56. The number of cyclic esters (lactones) is 1. The molecule has 196 valence electrons. The third-order valence-electron chi connectivity index (χ3n) is 7.93. The number of Topliss-reactive ketones (excluding diaryl/α,β-unsaturated/α-hetero) is 1. The Labute approximate surface area is 212 Å². The monoisotopic (exact) mass is 507 g/mol. The summed E-state index contributed by atoms with van der Waals surface area (Å²) in [7, 11) is 0. The number of carbonyl (C=O) groups excluding carboxylic acids is 2. The van der Waals surface area contributed by atoms with Gasteiger partial charge in [0, 0.05) is 17.7 Å². The van der Waals surface area contributed by atoms with Gasteiger partial charge >= 0.3 is 5.97 Å². The van der Waals surface area contributed by atoms with Crippen LogP contribution in [0.4, 0.5) is 0 Å². The number of carbonyl (C=O) groups is 2. The Kier molecular flexibility index (Phi) is 8.62. The van der Waals surface area contributed by atoms with Gasteiger partial charge in [0.05, 0.1) is 46.5 Å². The Hall–Kier alpha value is -1.61. The molecule has 1 aromatic heterocycles. The maximum atomic E-state index is 13.2. The van der Waals surface area contributed by atoms with E-state index in [9.17, 15) is 19.8 Å². The molecular formula is C27H41NO6S. The second kappa shape index (κ2) is 10.8. The average Bonchev–Trinajstić information content (AvgIpc) is 3.22. The van der Waals surface area contributed by atoms with Crippen molar-refractivity contribution in [2.45, 2.75) is 111 Å². The highest BCUT2D eigenvalue weighted by Crippen LogP contribution is 2.45. The van der Waals surface area contributed by atoms with Gasteiger partial charge in [-0.05, 0) is 51.2 Å². The van der Waals surface area contributed by atoms with Crippen LogP contribution in [-0.4, -0.2) is 57.0 Å². The molecule has 3 heterocycles. The maximum absolute atomic E-state index is 13.2. The Morgan fingerprint density at radius 1 is 1.23 bits per heavy atom. The highest BCUT2D eigenvalue weighted by molar-refractivity contribution is 7.09. The standard InChI is InChI=1S/C27H41NO6S/c1-15-9-8-10-27(7)22(34-27)12-20(16(2)11-19-14-35-18(4)28-19)33-23(30)13-21(29)26(5,6)25(32)17(3)24(15)31/h11,14-15,17,20-22,24,29,31H,8-10,12-13H2,1-7H3/b16-11+/t15-,17+,20-,21-,22?,24-,27-/m0/s1. The number of ketones is 1. The first-order chi connectivity index (χ1) is 16.2. The van der Waals surface area contributed by atoms with Crippen molar-refractivity contribution < 1.29 is 29.3 Å². The lowest BCUT2D eigenvalue weighted by molar-refractivity contribution is -0.154. The molecule has 0 bridgehead atoms. The minimum absolute atomic E-state index is 0.0455. The van der Waals surface area contributed by atoms with E-state index >= 15 is 0 Å². The molecule has 0 radical (unpaired) electrons. The predicted molar refractivity (Wildman–Crippen MR) is 136 cm³/mol. The van der Waals surface area contributed by atoms with Crippen molar-refractivity contribution in [2.24, 2.45) is 17.3 Å². The number of fused-ring (bicyclic) bond motifs is 1. The van der Waals surface area contributed by atoms with Gasteiger partial charge in [-0.3, -0.25) is 9.59 Å². The zero-order valence-electron chi connectivity index (χ0n) is 22.0. The smallest absolute Gasteiger partial charge is 0.309 e. The number of rotatable bonds is 2. The summed E-state index contributed by atoms with van der Waals surface area (Å²) in [6, 6.07) is 0. The van der Waals surface area contributed by atoms with Crippen LogP contribution in [0.25, 0.3) is 6.08 Å². The lowest BCUT2D eigenvalue weighted by Crippen LogP contribution is -2.45. The number of aliphatic hydroxyl groups excluding tert-OH is 2. The van der Waals surface area contributed by atoms with E-state index in [1.54, 1.807) is 32.1 Å². The molecule has 1 unspecified atom stereocenters. The molecule has 7 atom stereocenters. The van der Waals surface area contributed by atoms with Gasteiger partial charge in [-0.25, -0.2) is 4.98 Å². The molecule has 2 saturated heterocycles. The fourth-order valence-electron chi connectivity index (χ4n) is 5.07. The van der Waals surface area contributed by atoms with E-state index in [2.05, 4.69) is 11.9 Å². The molecule has 8 heteroatoms. The van der Waals surface area contributed by atoms with Crippen molar-refractivity contribution in [2.75, 3.05) is 0 Å². The molecule has 0 aromatic carbocycles. The van der Waals surface area contributed by atoms with Gasteiger partial charge in [0.2, 0.25) is 0 Å². The zero-order valence-corrected chi connectivity index (χ0v) is 22.9. The molecule has 2 N–H and O–H groups in total. The van der Waals surface area contributed by atoms with Gasteiger partial charge in [0.15, 0.2) is 0 Å². The van der Waals surface area contributed by atoms with Crippen LogP contribution in [0, 0.1) is 24.2 Å². The number of aliphatic hydroxyl groups is 2. The predicted octanol–water partition coefficient (Wildman–Crippen LogP) is 4.48. The van der Waals surface area contributed by atoms with Crippen LogP contribution >= 0.6 is 11.3 Å². The third-order valence-corrected chi connectivity index (χ3v) is 8.72. The number of aromatic nitrogens is 1.